The Morgan fingerprint density at radius 2 is 2.31 bits per heavy atom. The van der Waals surface area contributed by atoms with Gasteiger partial charge in [0, 0.05) is 6.04 Å². The predicted molar refractivity (Wildman–Crippen MR) is 50.3 cm³/mol. The van der Waals surface area contributed by atoms with Gasteiger partial charge in [-0.25, -0.2) is 0 Å². The first-order valence-corrected chi connectivity index (χ1v) is 4.14. The largest absolute Gasteiger partial charge is 0.506 e. The molecule has 4 heteroatoms. The standard InChI is InChI=1S/C9H9ClN2O/c10-7-2-1-6(5-9(7)13)8(12)3-4-11/h1-2,5,8,13H,3,12H2/t8-/m0/s1. The predicted octanol–water partition coefficient (Wildman–Crippen LogP) is 1.96. The van der Waals surface area contributed by atoms with Gasteiger partial charge in [0.1, 0.15) is 5.75 Å². The fourth-order valence-corrected chi connectivity index (χ4v) is 1.09. The van der Waals surface area contributed by atoms with Gasteiger partial charge in [0.05, 0.1) is 17.5 Å². The molecule has 0 aromatic heterocycles. The maximum atomic E-state index is 9.25. The molecule has 0 aliphatic heterocycles. The molecule has 13 heavy (non-hydrogen) atoms. The summed E-state index contributed by atoms with van der Waals surface area (Å²) >= 11 is 5.61. The van der Waals surface area contributed by atoms with Gasteiger partial charge < -0.3 is 10.8 Å². The maximum absolute atomic E-state index is 9.25. The molecule has 1 atom stereocenters. The van der Waals surface area contributed by atoms with E-state index in [1.54, 1.807) is 12.1 Å². The van der Waals surface area contributed by atoms with Crippen LogP contribution in [0.25, 0.3) is 0 Å². The summed E-state index contributed by atoms with van der Waals surface area (Å²) in [6.07, 6.45) is 0.223. The van der Waals surface area contributed by atoms with Gasteiger partial charge in [0.2, 0.25) is 0 Å². The number of nitrogens with two attached hydrogens (primary N) is 1. The van der Waals surface area contributed by atoms with Gasteiger partial charge in [-0.3, -0.25) is 0 Å². The molecule has 0 radical (unpaired) electrons. The normalized spacial score (nSPS) is 12.1. The lowest BCUT2D eigenvalue weighted by atomic mass is 10.1. The van der Waals surface area contributed by atoms with Crippen molar-refractivity contribution in [2.24, 2.45) is 5.73 Å². The smallest absolute Gasteiger partial charge is 0.134 e. The number of halogens is 1. The van der Waals surface area contributed by atoms with Crippen LogP contribution >= 0.6 is 11.6 Å². The molecule has 3 nitrogen and oxygen atoms in total. The van der Waals surface area contributed by atoms with Crippen molar-refractivity contribution in [3.05, 3.63) is 28.8 Å². The summed E-state index contributed by atoms with van der Waals surface area (Å²) in [4.78, 5) is 0. The van der Waals surface area contributed by atoms with Crippen LogP contribution in [0.1, 0.15) is 18.0 Å². The van der Waals surface area contributed by atoms with Gasteiger partial charge in [0.25, 0.3) is 0 Å². The van der Waals surface area contributed by atoms with Crippen LogP contribution in [0.2, 0.25) is 5.02 Å². The number of nitriles is 1. The summed E-state index contributed by atoms with van der Waals surface area (Å²) in [5.74, 6) is -0.00689. The van der Waals surface area contributed by atoms with Crippen LogP contribution in [0.3, 0.4) is 0 Å². The summed E-state index contributed by atoms with van der Waals surface area (Å²) in [7, 11) is 0. The quantitative estimate of drug-likeness (QED) is 0.760. The van der Waals surface area contributed by atoms with Gasteiger partial charge in [-0.1, -0.05) is 17.7 Å². The molecular weight excluding hydrogens is 188 g/mol. The van der Waals surface area contributed by atoms with E-state index in [0.29, 0.717) is 5.56 Å². The Kier molecular flexibility index (Phi) is 3.13. The second kappa shape index (κ2) is 4.13. The average molecular weight is 197 g/mol. The van der Waals surface area contributed by atoms with Crippen LogP contribution in [0.5, 0.6) is 5.75 Å². The number of benzene rings is 1. The number of phenolic OH excluding ortho intramolecular Hbond substituents is 1. The van der Waals surface area contributed by atoms with Crippen molar-refractivity contribution in [3.8, 4) is 11.8 Å². The van der Waals surface area contributed by atoms with E-state index in [1.807, 2.05) is 6.07 Å². The minimum atomic E-state index is -0.367. The highest BCUT2D eigenvalue weighted by molar-refractivity contribution is 6.32. The molecule has 0 heterocycles. The van der Waals surface area contributed by atoms with Crippen LogP contribution in [-0.4, -0.2) is 5.11 Å². The summed E-state index contributed by atoms with van der Waals surface area (Å²) in [5, 5.41) is 17.9. The Balaban J connectivity index is 2.91. The molecule has 0 aliphatic carbocycles. The second-order valence-electron chi connectivity index (χ2n) is 2.68. The van der Waals surface area contributed by atoms with E-state index in [1.165, 1.54) is 6.07 Å². The molecule has 0 amide bonds. The molecule has 1 rings (SSSR count). The number of nitrogens with zero attached hydrogens (tertiary/aromatic N) is 1. The molecular formula is C9H9ClN2O. The van der Waals surface area contributed by atoms with E-state index in [2.05, 4.69) is 0 Å². The Labute approximate surface area is 81.4 Å². The molecule has 1 aromatic rings. The van der Waals surface area contributed by atoms with Gasteiger partial charge >= 0.3 is 0 Å². The van der Waals surface area contributed by atoms with Crippen LogP contribution < -0.4 is 5.73 Å². The highest BCUT2D eigenvalue weighted by atomic mass is 35.5. The van der Waals surface area contributed by atoms with Crippen molar-refractivity contribution in [2.45, 2.75) is 12.5 Å². The van der Waals surface area contributed by atoms with Crippen molar-refractivity contribution in [2.75, 3.05) is 0 Å². The van der Waals surface area contributed by atoms with E-state index >= 15 is 0 Å². The zero-order valence-corrected chi connectivity index (χ0v) is 7.62. The molecule has 68 valence electrons. The van der Waals surface area contributed by atoms with Crippen molar-refractivity contribution in [1.29, 1.82) is 5.26 Å². The Morgan fingerprint density at radius 3 is 2.85 bits per heavy atom. The maximum Gasteiger partial charge on any atom is 0.134 e. The third-order valence-corrected chi connectivity index (χ3v) is 2.03. The molecule has 0 aliphatic rings. The molecule has 0 unspecified atom stereocenters. The lowest BCUT2D eigenvalue weighted by Gasteiger charge is -2.08. The van der Waals surface area contributed by atoms with Gasteiger partial charge in [-0.05, 0) is 17.7 Å². The van der Waals surface area contributed by atoms with Crippen LogP contribution in [-0.2, 0) is 0 Å². The third kappa shape index (κ3) is 2.35. The first kappa shape index (κ1) is 9.85. The summed E-state index contributed by atoms with van der Waals surface area (Å²) < 4.78 is 0. The van der Waals surface area contributed by atoms with E-state index in [-0.39, 0.29) is 23.2 Å². The zero-order chi connectivity index (χ0) is 9.84. The molecule has 3 N–H and O–H groups in total. The number of phenols is 1. The van der Waals surface area contributed by atoms with Crippen molar-refractivity contribution in [1.82, 2.24) is 0 Å². The van der Waals surface area contributed by atoms with Crippen LogP contribution in [0, 0.1) is 11.3 Å². The van der Waals surface area contributed by atoms with E-state index < -0.39 is 0 Å². The highest BCUT2D eigenvalue weighted by Gasteiger charge is 2.07. The molecule has 1 aromatic carbocycles. The third-order valence-electron chi connectivity index (χ3n) is 1.71. The van der Waals surface area contributed by atoms with E-state index in [9.17, 15) is 5.11 Å². The molecule has 0 fully saturated rings. The van der Waals surface area contributed by atoms with Crippen LogP contribution in [0.15, 0.2) is 18.2 Å². The van der Waals surface area contributed by atoms with Gasteiger partial charge in [0.15, 0.2) is 0 Å². The second-order valence-corrected chi connectivity index (χ2v) is 3.09. The van der Waals surface area contributed by atoms with E-state index in [4.69, 9.17) is 22.6 Å². The van der Waals surface area contributed by atoms with E-state index in [0.717, 1.165) is 0 Å². The van der Waals surface area contributed by atoms with Crippen molar-refractivity contribution in [3.63, 3.8) is 0 Å². The highest BCUT2D eigenvalue weighted by Crippen LogP contribution is 2.26. The number of aromatic hydroxyl groups is 1. The first-order valence-electron chi connectivity index (χ1n) is 3.76. The van der Waals surface area contributed by atoms with Crippen molar-refractivity contribution >= 4 is 11.6 Å². The molecule has 0 saturated heterocycles. The Hall–Kier alpha value is -1.24. The summed E-state index contributed by atoms with van der Waals surface area (Å²) in [6, 6.07) is 6.33. The first-order chi connectivity index (χ1) is 6.15. The van der Waals surface area contributed by atoms with Gasteiger partial charge in [-0.2, -0.15) is 5.26 Å². The lowest BCUT2D eigenvalue weighted by Crippen LogP contribution is -2.08. The summed E-state index contributed by atoms with van der Waals surface area (Å²) in [5.41, 5.74) is 6.36. The Morgan fingerprint density at radius 1 is 1.62 bits per heavy atom. The minimum Gasteiger partial charge on any atom is -0.506 e. The fraction of sp³-hybridized carbons (Fsp3) is 0.222. The number of rotatable bonds is 2. The molecule has 0 saturated carbocycles. The number of hydrogen-bond donors (Lipinski definition) is 2. The lowest BCUT2D eigenvalue weighted by molar-refractivity contribution is 0.474. The topological polar surface area (TPSA) is 70.0 Å². The Bertz CT molecular complexity index is 346. The van der Waals surface area contributed by atoms with Crippen molar-refractivity contribution < 1.29 is 5.11 Å². The SMILES string of the molecule is N#CC[C@H](N)c1ccc(Cl)c(O)c1. The zero-order valence-electron chi connectivity index (χ0n) is 6.87. The average Bonchev–Trinajstić information content (AvgIpc) is 2.10. The van der Waals surface area contributed by atoms with Gasteiger partial charge in [-0.15, -0.1) is 0 Å². The fourth-order valence-electron chi connectivity index (χ4n) is 0.977. The monoisotopic (exact) mass is 196 g/mol. The molecule has 0 spiro atoms. The van der Waals surface area contributed by atoms with Crippen LogP contribution in [0.4, 0.5) is 0 Å². The summed E-state index contributed by atoms with van der Waals surface area (Å²) in [6.45, 7) is 0. The number of hydrogen-bond acceptors (Lipinski definition) is 3. The molecule has 0 bridgehead atoms. The minimum absolute atomic E-state index is 0.00689.